The summed E-state index contributed by atoms with van der Waals surface area (Å²) in [5, 5.41) is 20.5. The minimum atomic E-state index is -1.58. The highest BCUT2D eigenvalue weighted by atomic mass is 32.2. The molecule has 2 aromatic rings. The molecule has 3 rings (SSSR count). The first-order valence-corrected chi connectivity index (χ1v) is 16.6. The Morgan fingerprint density at radius 3 is 2.12 bits per heavy atom. The van der Waals surface area contributed by atoms with E-state index in [4.69, 9.17) is 10.5 Å². The van der Waals surface area contributed by atoms with Gasteiger partial charge in [0.05, 0.1) is 25.4 Å². The normalized spacial score (nSPS) is 15.1. The number of alkyl carbamates (subject to hydrolysis) is 1. The molecule has 0 saturated heterocycles. The van der Waals surface area contributed by atoms with E-state index in [0.717, 1.165) is 11.1 Å². The number of ether oxygens (including phenoxy) is 1. The largest absolute Gasteiger partial charge is 0.481 e. The molecule has 2 aromatic carbocycles. The van der Waals surface area contributed by atoms with Crippen LogP contribution in [0.25, 0.3) is 0 Å². The molecule has 258 valence electrons. The van der Waals surface area contributed by atoms with Crippen LogP contribution in [0.15, 0.2) is 66.1 Å². The fraction of sp³-hybridized carbons (Fsp3) is 0.394. The molecule has 0 radical (unpaired) electrons. The Kier molecular flexibility index (Phi) is 14.3. The monoisotopic (exact) mass is 683 g/mol. The van der Waals surface area contributed by atoms with Crippen molar-refractivity contribution < 1.29 is 42.8 Å². The van der Waals surface area contributed by atoms with E-state index in [-0.39, 0.29) is 18.3 Å². The van der Waals surface area contributed by atoms with E-state index in [2.05, 4.69) is 21.3 Å². The van der Waals surface area contributed by atoms with Gasteiger partial charge in [0.1, 0.15) is 18.7 Å². The fourth-order valence-electron chi connectivity index (χ4n) is 5.02. The summed E-state index contributed by atoms with van der Waals surface area (Å²) in [7, 11) is -1.35. The smallest absolute Gasteiger partial charge is 0.408 e. The van der Waals surface area contributed by atoms with Gasteiger partial charge in [-0.1, -0.05) is 74.5 Å². The van der Waals surface area contributed by atoms with Crippen LogP contribution in [0.1, 0.15) is 43.4 Å². The topological polar surface area (TPSA) is 223 Å². The summed E-state index contributed by atoms with van der Waals surface area (Å²) in [4.78, 5) is 75.4. The molecule has 4 atom stereocenters. The number of benzene rings is 2. The van der Waals surface area contributed by atoms with Gasteiger partial charge in [-0.2, -0.15) is 0 Å². The number of nitrogens with two attached hydrogens (primary N) is 1. The molecular formula is C33H41N5O9S. The van der Waals surface area contributed by atoms with E-state index >= 15 is 0 Å². The molecule has 0 bridgehead atoms. The van der Waals surface area contributed by atoms with Gasteiger partial charge in [0.2, 0.25) is 23.6 Å². The van der Waals surface area contributed by atoms with Gasteiger partial charge in [-0.15, -0.1) is 0 Å². The Bertz CT molecular complexity index is 1510. The van der Waals surface area contributed by atoms with Gasteiger partial charge in [0, 0.05) is 21.5 Å². The van der Waals surface area contributed by atoms with Crippen molar-refractivity contribution >= 4 is 46.5 Å². The Balaban J connectivity index is 1.71. The summed E-state index contributed by atoms with van der Waals surface area (Å²) in [5.74, 6) is -4.87. The first-order chi connectivity index (χ1) is 22.8. The highest BCUT2D eigenvalue weighted by Crippen LogP contribution is 2.29. The van der Waals surface area contributed by atoms with Crippen LogP contribution in [-0.2, 0) is 59.0 Å². The molecule has 7 N–H and O–H groups in total. The maximum atomic E-state index is 13.5. The van der Waals surface area contributed by atoms with Crippen LogP contribution in [0.3, 0.4) is 0 Å². The van der Waals surface area contributed by atoms with Gasteiger partial charge in [0.25, 0.3) is 0 Å². The van der Waals surface area contributed by atoms with Crippen molar-refractivity contribution in [3.8, 4) is 0 Å². The third kappa shape index (κ3) is 12.3. The van der Waals surface area contributed by atoms with Crippen molar-refractivity contribution in [2.75, 3.05) is 6.54 Å². The van der Waals surface area contributed by atoms with Gasteiger partial charge in [-0.25, -0.2) is 4.79 Å². The van der Waals surface area contributed by atoms with Gasteiger partial charge in [0.15, 0.2) is 0 Å². The first kappa shape index (κ1) is 37.4. The van der Waals surface area contributed by atoms with E-state index in [1.165, 1.54) is 11.5 Å². The lowest BCUT2D eigenvalue weighted by molar-refractivity contribution is -0.140. The Labute approximate surface area is 280 Å². The lowest BCUT2D eigenvalue weighted by Gasteiger charge is -2.26. The second-order valence-electron chi connectivity index (χ2n) is 11.5. The standard InChI is InChI=1S/C33H41N5O9S/c1-20(2)48(46)13-12-25(16-27(34)39)36-28(40)18-35-32(44)30(24-14-22-10-6-7-11-23(22)15-24)38-31(43)26(17-29(41)42)37-33(45)47-19-21-8-4-3-5-9-21/h3-13,20,24-26,30H,14-19H2,1-2H3,(H2,34,39)(H,35,44)(H,36,40)(H,37,45)(H,38,43)(H,41,42)/b13-12+/t25?,26-,30?,48?/m0/s1. The lowest BCUT2D eigenvalue weighted by atomic mass is 9.95. The molecule has 48 heavy (non-hydrogen) atoms. The Morgan fingerprint density at radius 1 is 0.917 bits per heavy atom. The van der Waals surface area contributed by atoms with Crippen molar-refractivity contribution in [2.24, 2.45) is 11.7 Å². The van der Waals surface area contributed by atoms with Gasteiger partial charge < -0.3 is 36.8 Å². The molecule has 0 heterocycles. The zero-order chi connectivity index (χ0) is 35.2. The summed E-state index contributed by atoms with van der Waals surface area (Å²) in [6, 6.07) is 12.6. The summed E-state index contributed by atoms with van der Waals surface area (Å²) >= 11 is 0. The second kappa shape index (κ2) is 18.3. The molecule has 0 spiro atoms. The number of carbonyl (C=O) groups is 6. The van der Waals surface area contributed by atoms with E-state index in [0.29, 0.717) is 18.4 Å². The van der Waals surface area contributed by atoms with Crippen LogP contribution >= 0.6 is 0 Å². The number of hydrogen-bond donors (Lipinski definition) is 6. The summed E-state index contributed by atoms with van der Waals surface area (Å²) in [6.07, 6.45) is 0.147. The Morgan fingerprint density at radius 2 is 1.54 bits per heavy atom. The predicted octanol–water partition coefficient (Wildman–Crippen LogP) is 0.803. The van der Waals surface area contributed by atoms with Gasteiger partial charge in [-0.3, -0.25) is 28.2 Å². The van der Waals surface area contributed by atoms with Crippen LogP contribution in [0.4, 0.5) is 4.79 Å². The highest BCUT2D eigenvalue weighted by Gasteiger charge is 2.36. The zero-order valence-electron chi connectivity index (χ0n) is 26.7. The molecule has 14 nitrogen and oxygen atoms in total. The minimum absolute atomic E-state index is 0.118. The van der Waals surface area contributed by atoms with Crippen LogP contribution < -0.4 is 27.0 Å². The predicted molar refractivity (Wildman–Crippen MR) is 176 cm³/mol. The molecule has 5 amide bonds. The van der Waals surface area contributed by atoms with Gasteiger partial charge in [-0.05, 0) is 35.4 Å². The first-order valence-electron chi connectivity index (χ1n) is 15.3. The Hall–Kier alpha value is -5.05. The average Bonchev–Trinajstić information content (AvgIpc) is 3.47. The third-order valence-corrected chi connectivity index (χ3v) is 8.79. The molecule has 3 unspecified atom stereocenters. The number of carboxylic acids is 1. The van der Waals surface area contributed by atoms with Crippen LogP contribution in [0.5, 0.6) is 0 Å². The zero-order valence-corrected chi connectivity index (χ0v) is 27.5. The number of amides is 5. The number of aliphatic carboxylic acids is 1. The fourth-order valence-corrected chi connectivity index (χ4v) is 5.68. The summed E-state index contributed by atoms with van der Waals surface area (Å²) in [6.45, 7) is 2.83. The quantitative estimate of drug-likeness (QED) is 0.139. The number of rotatable bonds is 17. The second-order valence-corrected chi connectivity index (χ2v) is 13.4. The number of fused-ring (bicyclic) bond motifs is 1. The average molecular weight is 684 g/mol. The number of carbonyl (C=O) groups excluding carboxylic acids is 5. The number of nitrogens with one attached hydrogen (secondary N) is 4. The van der Waals surface area contributed by atoms with E-state index < -0.39 is 83.5 Å². The van der Waals surface area contributed by atoms with Crippen molar-refractivity contribution in [3.63, 3.8) is 0 Å². The minimum Gasteiger partial charge on any atom is -0.481 e. The number of carboxylic acid groups (broad SMARTS) is 1. The van der Waals surface area contributed by atoms with Crippen molar-refractivity contribution in [3.05, 3.63) is 82.8 Å². The van der Waals surface area contributed by atoms with Gasteiger partial charge >= 0.3 is 12.1 Å². The van der Waals surface area contributed by atoms with Crippen molar-refractivity contribution in [1.29, 1.82) is 0 Å². The summed E-state index contributed by atoms with van der Waals surface area (Å²) in [5.41, 5.74) is 7.91. The molecule has 1 aliphatic carbocycles. The molecule has 15 heteroatoms. The molecular weight excluding hydrogens is 642 g/mol. The SMILES string of the molecule is CC(C)S(=O)/C=C/C(CC(N)=O)NC(=O)CNC(=O)C(NC(=O)[C@H](CC(=O)O)NC(=O)OCc1ccccc1)C1Cc2ccccc2C1. The maximum Gasteiger partial charge on any atom is 0.408 e. The van der Waals surface area contributed by atoms with Crippen LogP contribution in [0, 0.1) is 5.92 Å². The molecule has 0 fully saturated rings. The van der Waals surface area contributed by atoms with Crippen molar-refractivity contribution in [2.45, 2.75) is 69.5 Å². The number of primary amides is 1. The third-order valence-electron chi connectivity index (χ3n) is 7.43. The summed E-state index contributed by atoms with van der Waals surface area (Å²) < 4.78 is 17.3. The van der Waals surface area contributed by atoms with Crippen LogP contribution in [-0.4, -0.2) is 74.9 Å². The lowest BCUT2D eigenvalue weighted by Crippen LogP contribution is -2.57. The van der Waals surface area contributed by atoms with Crippen LogP contribution in [0.2, 0.25) is 0 Å². The highest BCUT2D eigenvalue weighted by molar-refractivity contribution is 7.88. The van der Waals surface area contributed by atoms with E-state index in [1.54, 1.807) is 44.2 Å². The molecule has 0 saturated carbocycles. The maximum absolute atomic E-state index is 13.5. The molecule has 0 aromatic heterocycles. The molecule has 1 aliphatic rings. The van der Waals surface area contributed by atoms with E-state index in [1.807, 2.05) is 24.3 Å². The molecule has 0 aliphatic heterocycles. The number of hydrogen-bond acceptors (Lipinski definition) is 8. The van der Waals surface area contributed by atoms with Crippen molar-refractivity contribution in [1.82, 2.24) is 21.3 Å². The van der Waals surface area contributed by atoms with E-state index in [9.17, 15) is 38.1 Å².